The van der Waals surface area contributed by atoms with Gasteiger partial charge in [0.1, 0.15) is 5.75 Å². The molecule has 1 aliphatic heterocycles. The van der Waals surface area contributed by atoms with Gasteiger partial charge in [-0.15, -0.1) is 0 Å². The van der Waals surface area contributed by atoms with E-state index in [2.05, 4.69) is 230 Å². The highest BCUT2D eigenvalue weighted by atomic mass is 16.5. The molecule has 0 radical (unpaired) electrons. The van der Waals surface area contributed by atoms with Crippen molar-refractivity contribution in [2.45, 2.75) is 19.3 Å². The lowest BCUT2D eigenvalue weighted by molar-refractivity contribution is 0.488. The van der Waals surface area contributed by atoms with Gasteiger partial charge in [0, 0.05) is 44.5 Å². The van der Waals surface area contributed by atoms with Gasteiger partial charge in [0.25, 0.3) is 0 Å². The van der Waals surface area contributed by atoms with E-state index in [1.54, 1.807) is 0 Å². The summed E-state index contributed by atoms with van der Waals surface area (Å²) in [7, 11) is 0. The summed E-state index contributed by atoms with van der Waals surface area (Å²) in [6.07, 6.45) is 0. The van der Waals surface area contributed by atoms with Crippen LogP contribution in [-0.2, 0) is 5.41 Å². The van der Waals surface area contributed by atoms with Crippen LogP contribution < -0.4 is 14.5 Å². The van der Waals surface area contributed by atoms with Crippen molar-refractivity contribution in [1.82, 2.24) is 0 Å². The molecule has 9 aromatic rings. The lowest BCUT2D eigenvalue weighted by atomic mass is 9.82. The second kappa shape index (κ2) is 13.4. The Morgan fingerprint density at radius 3 is 1.67 bits per heavy atom. The summed E-state index contributed by atoms with van der Waals surface area (Å²) in [5.74, 6) is 1.69. The van der Waals surface area contributed by atoms with Gasteiger partial charge in [0.05, 0.1) is 11.4 Å². The van der Waals surface area contributed by atoms with Gasteiger partial charge >= 0.3 is 0 Å². The quantitative estimate of drug-likeness (QED) is 0.162. The molecule has 58 heavy (non-hydrogen) atoms. The standard InChI is InChI=1S/C55H40N2O/c1-55(2)48-26-13-12-22-43(48)44-33-32-42(36-49(44)55)57(41-30-28-38(29-31-41)37-16-6-3-7-17-37)51-27-15-24-46-45-23-14-25-47-50(34-35-52(53(45)47)58-54(46)51)56(39-18-8-4-9-19-39)40-20-10-5-11-21-40/h3-36H,1-2H3. The van der Waals surface area contributed by atoms with Crippen LogP contribution in [0.25, 0.3) is 44.2 Å². The van der Waals surface area contributed by atoms with E-state index in [1.165, 1.54) is 33.4 Å². The third-order valence-corrected chi connectivity index (χ3v) is 12.0. The van der Waals surface area contributed by atoms with E-state index in [-0.39, 0.29) is 5.41 Å². The van der Waals surface area contributed by atoms with E-state index in [0.29, 0.717) is 0 Å². The molecule has 1 heterocycles. The van der Waals surface area contributed by atoms with E-state index in [0.717, 1.165) is 67.5 Å². The van der Waals surface area contributed by atoms with Crippen LogP contribution in [0.3, 0.4) is 0 Å². The molecule has 1 aliphatic carbocycles. The van der Waals surface area contributed by atoms with E-state index >= 15 is 0 Å². The number of ether oxygens (including phenoxy) is 1. The van der Waals surface area contributed by atoms with Crippen molar-refractivity contribution in [3.05, 3.63) is 217 Å². The summed E-state index contributed by atoms with van der Waals surface area (Å²) in [4.78, 5) is 4.71. The zero-order chi connectivity index (χ0) is 38.8. The van der Waals surface area contributed by atoms with E-state index in [1.807, 2.05) is 0 Å². The second-order valence-electron chi connectivity index (χ2n) is 15.7. The number of rotatable bonds is 7. The summed E-state index contributed by atoms with van der Waals surface area (Å²) in [5.41, 5.74) is 16.2. The first-order valence-electron chi connectivity index (χ1n) is 20.0. The molecule has 2 aliphatic rings. The summed E-state index contributed by atoms with van der Waals surface area (Å²) < 4.78 is 7.17. The van der Waals surface area contributed by atoms with Gasteiger partial charge < -0.3 is 14.5 Å². The number of anilines is 6. The fourth-order valence-corrected chi connectivity index (χ4v) is 9.27. The number of hydrogen-bond acceptors (Lipinski definition) is 3. The van der Waals surface area contributed by atoms with Gasteiger partial charge in [0.2, 0.25) is 0 Å². The maximum Gasteiger partial charge on any atom is 0.159 e. The number of nitrogens with zero attached hydrogens (tertiary/aromatic N) is 2. The fourth-order valence-electron chi connectivity index (χ4n) is 9.27. The predicted molar refractivity (Wildman–Crippen MR) is 242 cm³/mol. The molecular weight excluding hydrogens is 705 g/mol. The summed E-state index contributed by atoms with van der Waals surface area (Å²) >= 11 is 0. The highest BCUT2D eigenvalue weighted by Crippen LogP contribution is 2.56. The molecule has 0 saturated heterocycles. The smallest absolute Gasteiger partial charge is 0.159 e. The SMILES string of the molecule is CC1(C)c2ccccc2-c2ccc(N(c3ccc(-c4ccccc4)cc3)c3cccc4c3Oc3ccc(N(c5ccccc5)c5ccccc5)c5cccc-4c35)cc21. The molecule has 0 saturated carbocycles. The molecule has 0 bridgehead atoms. The largest absolute Gasteiger partial charge is 0.454 e. The predicted octanol–water partition coefficient (Wildman–Crippen LogP) is 15.5. The number of hydrogen-bond donors (Lipinski definition) is 0. The maximum absolute atomic E-state index is 7.17. The van der Waals surface area contributed by atoms with Crippen LogP contribution in [0, 0.1) is 0 Å². The van der Waals surface area contributed by atoms with Gasteiger partial charge in [-0.05, 0) is 106 Å². The van der Waals surface area contributed by atoms with E-state index in [9.17, 15) is 0 Å². The van der Waals surface area contributed by atoms with E-state index < -0.39 is 0 Å². The normalized spacial score (nSPS) is 12.9. The van der Waals surface area contributed by atoms with Crippen LogP contribution in [0.2, 0.25) is 0 Å². The molecule has 0 spiro atoms. The molecule has 276 valence electrons. The minimum atomic E-state index is -0.142. The first kappa shape index (κ1) is 33.9. The molecule has 0 aromatic heterocycles. The third-order valence-electron chi connectivity index (χ3n) is 12.0. The van der Waals surface area contributed by atoms with Crippen molar-refractivity contribution < 1.29 is 4.74 Å². The van der Waals surface area contributed by atoms with Gasteiger partial charge in [-0.3, -0.25) is 0 Å². The highest BCUT2D eigenvalue weighted by molar-refractivity contribution is 6.11. The Labute approximate surface area is 339 Å². The average molecular weight is 745 g/mol. The average Bonchev–Trinajstić information content (AvgIpc) is 3.51. The van der Waals surface area contributed by atoms with Crippen LogP contribution in [-0.4, -0.2) is 0 Å². The van der Waals surface area contributed by atoms with Gasteiger partial charge in [-0.1, -0.05) is 153 Å². The van der Waals surface area contributed by atoms with Crippen molar-refractivity contribution in [1.29, 1.82) is 0 Å². The van der Waals surface area contributed by atoms with Crippen LogP contribution in [0.15, 0.2) is 206 Å². The van der Waals surface area contributed by atoms with Crippen molar-refractivity contribution >= 4 is 44.9 Å². The van der Waals surface area contributed by atoms with Crippen molar-refractivity contribution in [2.75, 3.05) is 9.80 Å². The van der Waals surface area contributed by atoms with Crippen LogP contribution in [0.1, 0.15) is 25.0 Å². The molecule has 0 N–H and O–H groups in total. The molecule has 0 fully saturated rings. The Bertz CT molecular complexity index is 2950. The van der Waals surface area contributed by atoms with Crippen molar-refractivity contribution in [3.63, 3.8) is 0 Å². The fraction of sp³-hybridized carbons (Fsp3) is 0.0545. The molecule has 0 atom stereocenters. The van der Waals surface area contributed by atoms with Crippen LogP contribution >= 0.6 is 0 Å². The zero-order valence-corrected chi connectivity index (χ0v) is 32.4. The zero-order valence-electron chi connectivity index (χ0n) is 32.4. The van der Waals surface area contributed by atoms with Gasteiger partial charge in [-0.25, -0.2) is 0 Å². The van der Waals surface area contributed by atoms with Gasteiger partial charge in [-0.2, -0.15) is 0 Å². The van der Waals surface area contributed by atoms with Crippen molar-refractivity contribution in [3.8, 4) is 44.9 Å². The Hall–Kier alpha value is -7.36. The summed E-state index contributed by atoms with van der Waals surface area (Å²) in [6.45, 7) is 4.69. The highest BCUT2D eigenvalue weighted by Gasteiger charge is 2.36. The molecule has 0 amide bonds. The molecule has 3 nitrogen and oxygen atoms in total. The molecule has 11 rings (SSSR count). The van der Waals surface area contributed by atoms with Gasteiger partial charge in [0.15, 0.2) is 5.75 Å². The van der Waals surface area contributed by atoms with Crippen molar-refractivity contribution in [2.24, 2.45) is 0 Å². The number of benzene rings is 9. The maximum atomic E-state index is 7.17. The summed E-state index contributed by atoms with van der Waals surface area (Å²) in [5, 5.41) is 2.24. The molecule has 3 heteroatoms. The molecular formula is C55H40N2O. The van der Waals surface area contributed by atoms with Crippen LogP contribution in [0.5, 0.6) is 11.5 Å². The Balaban J connectivity index is 1.09. The lowest BCUT2D eigenvalue weighted by Crippen LogP contribution is -2.17. The Kier molecular flexibility index (Phi) is 7.84. The monoisotopic (exact) mass is 744 g/mol. The lowest BCUT2D eigenvalue weighted by Gasteiger charge is -2.32. The minimum absolute atomic E-state index is 0.142. The molecule has 0 unspecified atom stereocenters. The molecule has 9 aromatic carbocycles. The number of para-hydroxylation sites is 3. The minimum Gasteiger partial charge on any atom is -0.454 e. The Morgan fingerprint density at radius 2 is 0.931 bits per heavy atom. The van der Waals surface area contributed by atoms with E-state index in [4.69, 9.17) is 4.74 Å². The topological polar surface area (TPSA) is 15.7 Å². The number of fused-ring (bicyclic) bond motifs is 5. The van der Waals surface area contributed by atoms with Crippen LogP contribution in [0.4, 0.5) is 34.1 Å². The first-order valence-corrected chi connectivity index (χ1v) is 20.0. The first-order chi connectivity index (χ1) is 28.5. The third kappa shape index (κ3) is 5.35. The summed E-state index contributed by atoms with van der Waals surface area (Å²) in [6, 6.07) is 74.1. The second-order valence-corrected chi connectivity index (χ2v) is 15.7. The Morgan fingerprint density at radius 1 is 0.379 bits per heavy atom.